The van der Waals surface area contributed by atoms with Crippen LogP contribution in [0.1, 0.15) is 47.2 Å². The van der Waals surface area contributed by atoms with Gasteiger partial charge in [0.25, 0.3) is 0 Å². The topological polar surface area (TPSA) is 21.7 Å². The SMILES string of the molecule is CCc1ccc(C2N(CCOCCOC)CC3C4=c5c6c7c8c(cc9cc%10cc%11cc%12cc%13c%14c(c5c5c6c6c8c9c8c%10c%11c9c%12c%14c5c9c86)=C(C4)C%13)CC732)cc1. The van der Waals surface area contributed by atoms with Crippen LogP contribution in [-0.4, -0.2) is 44.9 Å². The van der Waals surface area contributed by atoms with Crippen LogP contribution < -0.4 is 10.4 Å². The Morgan fingerprint density at radius 1 is 0.596 bits per heavy atom. The average Bonchev–Trinajstić information content (AvgIpc) is 4.08. The number of benzene rings is 9. The molecule has 4 aliphatic carbocycles. The van der Waals surface area contributed by atoms with Gasteiger partial charge >= 0.3 is 0 Å². The van der Waals surface area contributed by atoms with Gasteiger partial charge in [-0.3, -0.25) is 4.90 Å². The van der Waals surface area contributed by atoms with Crippen molar-refractivity contribution in [1.29, 1.82) is 0 Å². The molecule has 0 bridgehead atoms. The van der Waals surface area contributed by atoms with E-state index in [-0.39, 0.29) is 11.5 Å². The Hall–Kier alpha value is -5.32. The van der Waals surface area contributed by atoms with Gasteiger partial charge < -0.3 is 9.47 Å². The van der Waals surface area contributed by atoms with Gasteiger partial charge in [-0.2, -0.15) is 0 Å². The number of fused-ring (bicyclic) bond motifs is 1. The summed E-state index contributed by atoms with van der Waals surface area (Å²) in [5, 5.41) is 38.1. The zero-order valence-corrected chi connectivity index (χ0v) is 32.0. The fraction of sp³-hybridized carbons (Fsp3) is 0.259. The second-order valence-electron chi connectivity index (χ2n) is 19.3. The van der Waals surface area contributed by atoms with Crippen molar-refractivity contribution < 1.29 is 9.47 Å². The van der Waals surface area contributed by atoms with E-state index in [1.54, 1.807) is 142 Å². The van der Waals surface area contributed by atoms with Gasteiger partial charge in [0.15, 0.2) is 0 Å². The van der Waals surface area contributed by atoms with Crippen LogP contribution in [0.3, 0.4) is 0 Å². The predicted molar refractivity (Wildman–Crippen MR) is 236 cm³/mol. The molecule has 3 atom stereocenters. The van der Waals surface area contributed by atoms with Crippen LogP contribution in [0.15, 0.2) is 54.6 Å². The first-order valence-electron chi connectivity index (χ1n) is 21.6. The quantitative estimate of drug-likeness (QED) is 0.115. The van der Waals surface area contributed by atoms with Crippen LogP contribution in [0, 0.1) is 5.92 Å². The lowest BCUT2D eigenvalue weighted by molar-refractivity contribution is 0.0525. The van der Waals surface area contributed by atoms with Crippen molar-refractivity contribution in [1.82, 2.24) is 4.90 Å². The Kier molecular flexibility index (Phi) is 4.10. The van der Waals surface area contributed by atoms with E-state index in [1.165, 1.54) is 32.7 Å². The lowest BCUT2D eigenvalue weighted by atomic mass is 9.60. The maximum atomic E-state index is 6.30. The number of rotatable bonds is 8. The fourth-order valence-corrected chi connectivity index (χ4v) is 16.2. The van der Waals surface area contributed by atoms with E-state index in [4.69, 9.17) is 9.47 Å². The molecule has 57 heavy (non-hydrogen) atoms. The molecule has 0 aromatic heterocycles. The second-order valence-corrected chi connectivity index (χ2v) is 19.3. The summed E-state index contributed by atoms with van der Waals surface area (Å²) >= 11 is 0. The smallest absolute Gasteiger partial charge is 0.0700 e. The molecule has 1 aliphatic heterocycles. The van der Waals surface area contributed by atoms with Crippen molar-refractivity contribution in [2.24, 2.45) is 5.92 Å². The molecule has 0 N–H and O–H groups in total. The Labute approximate surface area is 325 Å². The molecule has 3 nitrogen and oxygen atoms in total. The first-order valence-corrected chi connectivity index (χ1v) is 21.6. The van der Waals surface area contributed by atoms with E-state index >= 15 is 0 Å². The molecule has 1 saturated heterocycles. The lowest BCUT2D eigenvalue weighted by Crippen LogP contribution is -2.44. The van der Waals surface area contributed by atoms with Gasteiger partial charge in [-0.15, -0.1) is 0 Å². The molecule has 3 unspecified atom stereocenters. The van der Waals surface area contributed by atoms with Crippen LogP contribution >= 0.6 is 0 Å². The van der Waals surface area contributed by atoms with Gasteiger partial charge in [0, 0.05) is 37.6 Å². The summed E-state index contributed by atoms with van der Waals surface area (Å²) in [6, 6.07) is 23.2. The molecule has 3 heteroatoms. The highest BCUT2D eigenvalue weighted by molar-refractivity contribution is 6.63. The van der Waals surface area contributed by atoms with Crippen LogP contribution in [0.5, 0.6) is 0 Å². The second kappa shape index (κ2) is 8.31. The summed E-state index contributed by atoms with van der Waals surface area (Å²) in [7, 11) is 1.77. The third-order valence-corrected chi connectivity index (χ3v) is 17.5. The first-order chi connectivity index (χ1) is 28.2. The van der Waals surface area contributed by atoms with Crippen molar-refractivity contribution in [3.8, 4) is 0 Å². The highest BCUT2D eigenvalue weighted by atomic mass is 16.5. The Morgan fingerprint density at radius 2 is 1.21 bits per heavy atom. The number of hydrogen-bond donors (Lipinski definition) is 0. The molecule has 13 aromatic rings. The highest BCUT2D eigenvalue weighted by Gasteiger charge is 2.62. The summed E-state index contributed by atoms with van der Waals surface area (Å²) < 4.78 is 11.7. The molecule has 5 aliphatic rings. The van der Waals surface area contributed by atoms with Gasteiger partial charge in [-0.05, 0) is 201 Å². The molecule has 18 rings (SSSR count). The lowest BCUT2D eigenvalue weighted by Gasteiger charge is -2.43. The Bertz CT molecular complexity index is 4100. The van der Waals surface area contributed by atoms with E-state index in [1.807, 2.05) is 0 Å². The monoisotopic (exact) mass is 729 g/mol. The molecule has 0 amide bonds. The summed E-state index contributed by atoms with van der Waals surface area (Å²) in [6.07, 6.45) is 4.40. The molecule has 1 spiro atoms. The molecule has 268 valence electrons. The molecule has 0 radical (unpaired) electrons. The van der Waals surface area contributed by atoms with Crippen LogP contribution in [0.25, 0.3) is 130 Å². The number of nitrogens with zero attached hydrogens (tertiary/aromatic N) is 1. The van der Waals surface area contributed by atoms with Gasteiger partial charge in [-0.1, -0.05) is 54.5 Å². The third-order valence-electron chi connectivity index (χ3n) is 17.5. The number of ether oxygens (including phenoxy) is 2. The van der Waals surface area contributed by atoms with E-state index < -0.39 is 0 Å². The van der Waals surface area contributed by atoms with Gasteiger partial charge in [-0.25, -0.2) is 0 Å². The minimum Gasteiger partial charge on any atom is -0.382 e. The summed E-state index contributed by atoms with van der Waals surface area (Å²) in [4.78, 5) is 2.88. The van der Waals surface area contributed by atoms with Gasteiger partial charge in [0.2, 0.25) is 0 Å². The van der Waals surface area contributed by atoms with Crippen LogP contribution in [0.4, 0.5) is 0 Å². The highest BCUT2D eigenvalue weighted by Crippen LogP contribution is 2.70. The van der Waals surface area contributed by atoms with Crippen LogP contribution in [-0.2, 0) is 34.2 Å². The summed E-state index contributed by atoms with van der Waals surface area (Å²) in [5.74, 6) is 0.448. The summed E-state index contributed by atoms with van der Waals surface area (Å²) in [6.45, 7) is 6.32. The van der Waals surface area contributed by atoms with Gasteiger partial charge in [0.05, 0.1) is 19.8 Å². The number of likely N-dealkylation sites (tertiary alicyclic amines) is 1. The molecule has 13 aromatic carbocycles. The van der Waals surface area contributed by atoms with Crippen molar-refractivity contribution in [2.75, 3.05) is 40.0 Å². The largest absolute Gasteiger partial charge is 0.382 e. The molecule has 1 heterocycles. The first kappa shape index (κ1) is 28.1. The number of methoxy groups -OCH3 is 1. The molecular formula is C54H35NO2. The molecule has 1 fully saturated rings. The van der Waals surface area contributed by atoms with E-state index in [0.717, 1.165) is 45.4 Å². The van der Waals surface area contributed by atoms with Crippen molar-refractivity contribution >= 4 is 130 Å². The van der Waals surface area contributed by atoms with Crippen molar-refractivity contribution in [2.45, 2.75) is 44.1 Å². The predicted octanol–water partition coefficient (Wildman–Crippen LogP) is 10.3. The average molecular weight is 730 g/mol. The maximum Gasteiger partial charge on any atom is 0.0700 e. The minimum absolute atomic E-state index is 0.0420. The maximum absolute atomic E-state index is 6.30. The minimum atomic E-state index is -0.0420. The van der Waals surface area contributed by atoms with E-state index in [0.29, 0.717) is 19.1 Å². The summed E-state index contributed by atoms with van der Waals surface area (Å²) in [5.41, 5.74) is 11.3. The zero-order chi connectivity index (χ0) is 36.3. The standard InChI is InChI=1S/C54H35NO2/c1-3-21-4-6-22(7-5-21)53-54-19-29-17-27-15-24-12-23-13-26-14-25-16-28-18-30(31(54)20-55(53)8-9-57-11-10-56-2)39-44-35(28)34(25)41-36(26)40-32(23)33(24)42-37(27)43-38(29)52(54)51(39)50-48(43)46(42)45(40)47(41)49(44)50/h4-7,12-15,17,31,53H,3,8-11,16,18-20H2,1-2H3. The Morgan fingerprint density at radius 3 is 1.93 bits per heavy atom. The molecular weight excluding hydrogens is 695 g/mol. The van der Waals surface area contributed by atoms with E-state index in [9.17, 15) is 0 Å². The van der Waals surface area contributed by atoms with Crippen molar-refractivity contribution in [3.63, 3.8) is 0 Å². The number of hydrogen-bond acceptors (Lipinski definition) is 3. The third kappa shape index (κ3) is 2.47. The fourth-order valence-electron chi connectivity index (χ4n) is 16.2. The molecule has 0 saturated carbocycles. The zero-order valence-electron chi connectivity index (χ0n) is 32.0. The van der Waals surface area contributed by atoms with Gasteiger partial charge in [0.1, 0.15) is 0 Å². The number of aryl methyl sites for hydroxylation is 1. The van der Waals surface area contributed by atoms with Crippen LogP contribution in [0.2, 0.25) is 0 Å². The Balaban J connectivity index is 1.10. The normalized spacial score (nSPS) is 23.1. The van der Waals surface area contributed by atoms with E-state index in [2.05, 4.69) is 66.4 Å². The van der Waals surface area contributed by atoms with Crippen molar-refractivity contribution in [3.05, 3.63) is 92.9 Å².